The van der Waals surface area contributed by atoms with Gasteiger partial charge in [0.2, 0.25) is 0 Å². The highest BCUT2D eigenvalue weighted by molar-refractivity contribution is 7.07. The van der Waals surface area contributed by atoms with Gasteiger partial charge in [-0.25, -0.2) is 9.59 Å². The molecule has 0 radical (unpaired) electrons. The highest BCUT2D eigenvalue weighted by Crippen LogP contribution is 2.33. The third-order valence-electron chi connectivity index (χ3n) is 6.86. The van der Waals surface area contributed by atoms with E-state index < -0.39 is 18.0 Å². The third-order valence-corrected chi connectivity index (χ3v) is 7.97. The van der Waals surface area contributed by atoms with Gasteiger partial charge < -0.3 is 15.2 Å². The number of aromatic nitrogens is 1. The van der Waals surface area contributed by atoms with Crippen LogP contribution in [0.4, 0.5) is 0 Å². The molecule has 0 spiro atoms. The summed E-state index contributed by atoms with van der Waals surface area (Å²) in [5.41, 5.74) is 9.99. The fraction of sp³-hybridized carbons (Fsp3) is 0.323. The largest absolute Gasteiger partial charge is 0.466 e. The molecule has 2 N–H and O–H groups in total. The minimum atomic E-state index is -0.874. The monoisotopic (exact) mass is 546 g/mol. The highest BCUT2D eigenvalue weighted by Gasteiger charge is 2.38. The number of nitrogens with zero attached hydrogens (tertiary/aromatic N) is 1. The summed E-state index contributed by atoms with van der Waals surface area (Å²) >= 11 is 1.15. The van der Waals surface area contributed by atoms with Gasteiger partial charge >= 0.3 is 11.9 Å². The maximum Gasteiger partial charge on any atom is 0.343 e. The molecule has 2 aromatic carbocycles. The van der Waals surface area contributed by atoms with E-state index in [2.05, 4.69) is 27.7 Å². The van der Waals surface area contributed by atoms with E-state index in [0.29, 0.717) is 26.6 Å². The van der Waals surface area contributed by atoms with Crippen molar-refractivity contribution >= 4 is 34.9 Å². The average Bonchev–Trinajstić information content (AvgIpc) is 3.22. The molecule has 0 unspecified atom stereocenters. The van der Waals surface area contributed by atoms with Gasteiger partial charge in [-0.3, -0.25) is 9.36 Å². The molecule has 0 aliphatic carbocycles. The fourth-order valence-electron chi connectivity index (χ4n) is 4.67. The number of methoxy groups -OCH3 is 1. The van der Waals surface area contributed by atoms with E-state index in [1.807, 2.05) is 48.5 Å². The van der Waals surface area contributed by atoms with Crippen LogP contribution in [0.3, 0.4) is 0 Å². The second kappa shape index (κ2) is 11.5. The molecule has 0 amide bonds. The van der Waals surface area contributed by atoms with Crippen molar-refractivity contribution in [3.8, 4) is 0 Å². The molecule has 39 heavy (non-hydrogen) atoms. The lowest BCUT2D eigenvalue weighted by Crippen LogP contribution is -2.43. The molecule has 4 rings (SSSR count). The summed E-state index contributed by atoms with van der Waals surface area (Å²) in [6.07, 6.45) is 1.79. The molecule has 204 valence electrons. The highest BCUT2D eigenvalue weighted by atomic mass is 32.1. The van der Waals surface area contributed by atoms with Crippen LogP contribution in [-0.2, 0) is 19.1 Å². The van der Waals surface area contributed by atoms with Crippen LogP contribution < -0.4 is 20.5 Å². The maximum atomic E-state index is 14.0. The summed E-state index contributed by atoms with van der Waals surface area (Å²) in [5, 5.41) is 0. The quantitative estimate of drug-likeness (QED) is 0.454. The van der Waals surface area contributed by atoms with Crippen LogP contribution in [0.1, 0.15) is 74.8 Å². The molecule has 1 aromatic heterocycles. The van der Waals surface area contributed by atoms with E-state index in [1.165, 1.54) is 17.2 Å². The lowest BCUT2D eigenvalue weighted by Gasteiger charge is -2.27. The van der Waals surface area contributed by atoms with Gasteiger partial charge in [-0.1, -0.05) is 76.2 Å². The smallest absolute Gasteiger partial charge is 0.343 e. The van der Waals surface area contributed by atoms with Crippen molar-refractivity contribution < 1.29 is 19.1 Å². The van der Waals surface area contributed by atoms with E-state index in [-0.39, 0.29) is 29.0 Å². The maximum absolute atomic E-state index is 14.0. The Morgan fingerprint density at radius 2 is 1.54 bits per heavy atom. The van der Waals surface area contributed by atoms with Crippen LogP contribution in [-0.4, -0.2) is 30.2 Å². The van der Waals surface area contributed by atoms with Gasteiger partial charge in [-0.2, -0.15) is 0 Å². The van der Waals surface area contributed by atoms with E-state index in [9.17, 15) is 14.4 Å². The number of esters is 2. The Bertz CT molecular complexity index is 1610. The van der Waals surface area contributed by atoms with Crippen LogP contribution in [0.5, 0.6) is 0 Å². The molecule has 2 heterocycles. The van der Waals surface area contributed by atoms with Crippen molar-refractivity contribution in [1.82, 2.24) is 4.57 Å². The Morgan fingerprint density at radius 1 is 0.974 bits per heavy atom. The summed E-state index contributed by atoms with van der Waals surface area (Å²) in [4.78, 5) is 40.3. The zero-order chi connectivity index (χ0) is 28.4. The summed E-state index contributed by atoms with van der Waals surface area (Å²) in [6.45, 7) is 10.2. The van der Waals surface area contributed by atoms with Crippen molar-refractivity contribution in [2.75, 3.05) is 13.7 Å². The number of carbonyl (C=O) groups is 2. The fourth-order valence-corrected chi connectivity index (χ4v) is 5.84. The van der Waals surface area contributed by atoms with Crippen LogP contribution in [0.2, 0.25) is 0 Å². The topological polar surface area (TPSA) is 101 Å². The van der Waals surface area contributed by atoms with Crippen LogP contribution in [0, 0.1) is 0 Å². The van der Waals surface area contributed by atoms with Gasteiger partial charge in [0.15, 0.2) is 0 Å². The van der Waals surface area contributed by atoms with Crippen LogP contribution in [0.15, 0.2) is 64.6 Å². The number of carbonyl (C=O) groups excluding carboxylic acids is 2. The predicted molar refractivity (Wildman–Crippen MR) is 154 cm³/mol. The second-order valence-corrected chi connectivity index (χ2v) is 11.1. The Labute approximate surface area is 231 Å². The number of ether oxygens (including phenoxy) is 2. The number of rotatable bonds is 7. The van der Waals surface area contributed by atoms with E-state index in [1.54, 1.807) is 13.0 Å². The van der Waals surface area contributed by atoms with Crippen molar-refractivity contribution in [3.05, 3.63) is 102 Å². The molecule has 0 saturated heterocycles. The normalized spacial score (nSPS) is 15.6. The summed E-state index contributed by atoms with van der Waals surface area (Å²) < 4.78 is 12.6. The van der Waals surface area contributed by atoms with Gasteiger partial charge in [-0.05, 0) is 47.1 Å². The molecular formula is C31H34N2O5S. The first-order chi connectivity index (χ1) is 18.6. The first-order valence-electron chi connectivity index (χ1n) is 13.0. The summed E-state index contributed by atoms with van der Waals surface area (Å²) in [6, 6.07) is 14.8. The Balaban J connectivity index is 2.04. The molecule has 7 nitrogen and oxygen atoms in total. The predicted octanol–water partition coefficient (Wildman–Crippen LogP) is 3.69. The van der Waals surface area contributed by atoms with Gasteiger partial charge in [0.1, 0.15) is 10.2 Å². The lowest BCUT2D eigenvalue weighted by molar-refractivity contribution is -0.136. The standard InChI is InChI=1S/C31H34N2O5S/c1-7-38-31(36)25-26(32)24(30(35)37-6)27(22-14-12-21(13-15-22)18(4)5)33-28(34)23(39-29(25)33)16-19-8-10-20(11-9-19)17(2)3/h8-18,27H,7,32H2,1-6H3/b23-16+/t27-/m0/s1. The SMILES string of the molecule is CCOC(=O)C1=c2s/c(=C/c3ccc(C(C)C)cc3)c(=O)n2[C@@H](c2ccc(C(C)C)cc2)C(C(=O)OC)=C1N. The molecule has 1 aliphatic heterocycles. The summed E-state index contributed by atoms with van der Waals surface area (Å²) in [5.74, 6) is -0.731. The first-order valence-corrected chi connectivity index (χ1v) is 13.8. The van der Waals surface area contributed by atoms with Crippen molar-refractivity contribution in [2.24, 2.45) is 5.73 Å². The van der Waals surface area contributed by atoms with Crippen LogP contribution >= 0.6 is 11.3 Å². The number of fused-ring (bicyclic) bond motifs is 1. The van der Waals surface area contributed by atoms with E-state index in [4.69, 9.17) is 15.2 Å². The van der Waals surface area contributed by atoms with Gasteiger partial charge in [0.05, 0.1) is 35.6 Å². The van der Waals surface area contributed by atoms with E-state index in [0.717, 1.165) is 22.5 Å². The van der Waals surface area contributed by atoms with Gasteiger partial charge in [0.25, 0.3) is 5.56 Å². The minimum Gasteiger partial charge on any atom is -0.466 e. The molecule has 1 aliphatic rings. The number of thiazole rings is 1. The van der Waals surface area contributed by atoms with Crippen molar-refractivity contribution in [2.45, 2.75) is 52.5 Å². The molecule has 0 saturated carbocycles. The molecule has 0 bridgehead atoms. The Hall–Kier alpha value is -3.91. The molecule has 0 fully saturated rings. The van der Waals surface area contributed by atoms with Crippen molar-refractivity contribution in [3.63, 3.8) is 0 Å². The number of hydrogen-bond acceptors (Lipinski definition) is 7. The Kier molecular flexibility index (Phi) is 8.25. The number of hydrogen-bond donors (Lipinski definition) is 1. The first kappa shape index (κ1) is 28.1. The number of benzene rings is 2. The molecule has 8 heteroatoms. The Morgan fingerprint density at radius 3 is 2.05 bits per heavy atom. The van der Waals surface area contributed by atoms with E-state index >= 15 is 0 Å². The molecule has 3 aromatic rings. The zero-order valence-electron chi connectivity index (χ0n) is 23.1. The minimum absolute atomic E-state index is 0.00999. The average molecular weight is 547 g/mol. The lowest BCUT2D eigenvalue weighted by atomic mass is 9.90. The van der Waals surface area contributed by atoms with Crippen LogP contribution in [0.25, 0.3) is 11.6 Å². The zero-order valence-corrected chi connectivity index (χ0v) is 23.9. The molecular weight excluding hydrogens is 512 g/mol. The van der Waals surface area contributed by atoms with Gasteiger partial charge in [-0.15, -0.1) is 11.3 Å². The van der Waals surface area contributed by atoms with Gasteiger partial charge in [0, 0.05) is 0 Å². The number of nitrogens with two attached hydrogens (primary N) is 1. The summed E-state index contributed by atoms with van der Waals surface area (Å²) in [7, 11) is 1.25. The molecule has 1 atom stereocenters. The van der Waals surface area contributed by atoms with Crippen molar-refractivity contribution in [1.29, 1.82) is 0 Å². The second-order valence-electron chi connectivity index (χ2n) is 10.1. The third kappa shape index (κ3) is 5.34.